The van der Waals surface area contributed by atoms with E-state index in [2.05, 4.69) is 31.2 Å². The van der Waals surface area contributed by atoms with E-state index in [1.165, 1.54) is 16.1 Å². The second-order valence-electron chi connectivity index (χ2n) is 7.87. The monoisotopic (exact) mass is 364 g/mol. The molecule has 25 heavy (non-hydrogen) atoms. The Morgan fingerprint density at radius 1 is 1.16 bits per heavy atom. The van der Waals surface area contributed by atoms with Crippen LogP contribution in [0.5, 0.6) is 0 Å². The van der Waals surface area contributed by atoms with E-state index in [1.54, 1.807) is 0 Å². The molecule has 0 N–H and O–H groups in total. The van der Waals surface area contributed by atoms with Crippen LogP contribution in [0.3, 0.4) is 0 Å². The lowest BCUT2D eigenvalue weighted by atomic mass is 9.59. The van der Waals surface area contributed by atoms with Crippen LogP contribution in [0.1, 0.15) is 38.2 Å². The molecule has 0 aromatic heterocycles. The SMILES string of the molecule is CN(C(=O)C1CC(C)(c2ccccc2)C1)C1CCN(S(C)(=O)=O)CC1. The summed E-state index contributed by atoms with van der Waals surface area (Å²) in [4.78, 5) is 14.7. The van der Waals surface area contributed by atoms with Gasteiger partial charge in [-0.3, -0.25) is 4.79 Å². The molecule has 1 aromatic carbocycles. The van der Waals surface area contributed by atoms with Crippen molar-refractivity contribution in [3.8, 4) is 0 Å². The number of benzene rings is 1. The smallest absolute Gasteiger partial charge is 0.225 e. The fourth-order valence-corrected chi connectivity index (χ4v) is 5.18. The molecule has 0 radical (unpaired) electrons. The summed E-state index contributed by atoms with van der Waals surface area (Å²) >= 11 is 0. The van der Waals surface area contributed by atoms with Crippen molar-refractivity contribution in [2.45, 2.75) is 44.1 Å². The molecule has 0 atom stereocenters. The molecular weight excluding hydrogens is 336 g/mol. The predicted molar refractivity (Wildman–Crippen MR) is 98.7 cm³/mol. The molecule has 0 unspecified atom stereocenters. The third-order valence-electron chi connectivity index (χ3n) is 6.00. The van der Waals surface area contributed by atoms with Gasteiger partial charge < -0.3 is 4.90 Å². The van der Waals surface area contributed by atoms with E-state index in [1.807, 2.05) is 18.0 Å². The van der Waals surface area contributed by atoms with E-state index < -0.39 is 10.0 Å². The molecule has 1 aliphatic heterocycles. The quantitative estimate of drug-likeness (QED) is 0.823. The van der Waals surface area contributed by atoms with Crippen LogP contribution < -0.4 is 0 Å². The van der Waals surface area contributed by atoms with Crippen LogP contribution in [0.25, 0.3) is 0 Å². The number of rotatable bonds is 4. The van der Waals surface area contributed by atoms with E-state index in [4.69, 9.17) is 0 Å². The number of nitrogens with zero attached hydrogens (tertiary/aromatic N) is 2. The molecule has 1 heterocycles. The molecule has 0 spiro atoms. The van der Waals surface area contributed by atoms with Gasteiger partial charge in [0.2, 0.25) is 15.9 Å². The Labute approximate surface area is 151 Å². The molecule has 1 aliphatic carbocycles. The molecule has 1 amide bonds. The van der Waals surface area contributed by atoms with Gasteiger partial charge >= 0.3 is 0 Å². The first-order chi connectivity index (χ1) is 11.7. The first-order valence-corrected chi connectivity index (χ1v) is 10.8. The number of carbonyl (C=O) groups is 1. The average Bonchev–Trinajstić information content (AvgIpc) is 2.58. The number of amides is 1. The molecule has 1 saturated heterocycles. The average molecular weight is 365 g/mol. The van der Waals surface area contributed by atoms with Crippen LogP contribution >= 0.6 is 0 Å². The normalized spacial score (nSPS) is 28.4. The highest BCUT2D eigenvalue weighted by Gasteiger charge is 2.46. The van der Waals surface area contributed by atoms with E-state index >= 15 is 0 Å². The molecule has 1 aromatic rings. The zero-order valence-corrected chi connectivity index (χ0v) is 16.1. The Hall–Kier alpha value is -1.40. The molecule has 0 bridgehead atoms. The Morgan fingerprint density at radius 2 is 1.72 bits per heavy atom. The van der Waals surface area contributed by atoms with Gasteiger partial charge in [0.05, 0.1) is 6.26 Å². The van der Waals surface area contributed by atoms with Gasteiger partial charge in [-0.2, -0.15) is 0 Å². The molecule has 5 nitrogen and oxygen atoms in total. The van der Waals surface area contributed by atoms with Crippen LogP contribution in [-0.2, 0) is 20.2 Å². The summed E-state index contributed by atoms with van der Waals surface area (Å²) in [5.41, 5.74) is 1.41. The fourth-order valence-electron chi connectivity index (χ4n) is 4.31. The standard InChI is InChI=1S/C19H28N2O3S/c1-19(16-7-5-4-6-8-16)13-15(14-19)18(22)20(2)17-9-11-21(12-10-17)25(3,23)24/h4-8,15,17H,9-14H2,1-3H3. The molecule has 3 rings (SSSR count). The van der Waals surface area contributed by atoms with Crippen molar-refractivity contribution in [1.29, 1.82) is 0 Å². The highest BCUT2D eigenvalue weighted by atomic mass is 32.2. The lowest BCUT2D eigenvalue weighted by Gasteiger charge is -2.47. The number of hydrogen-bond donors (Lipinski definition) is 0. The van der Waals surface area contributed by atoms with E-state index in [0.29, 0.717) is 13.1 Å². The largest absolute Gasteiger partial charge is 0.342 e. The fraction of sp³-hybridized carbons (Fsp3) is 0.632. The minimum atomic E-state index is -3.12. The van der Waals surface area contributed by atoms with Gasteiger partial charge in [-0.15, -0.1) is 0 Å². The minimum Gasteiger partial charge on any atom is -0.342 e. The summed E-state index contributed by atoms with van der Waals surface area (Å²) in [5, 5.41) is 0. The summed E-state index contributed by atoms with van der Waals surface area (Å²) in [6, 6.07) is 10.6. The van der Waals surface area contributed by atoms with Crippen molar-refractivity contribution in [2.24, 2.45) is 5.92 Å². The van der Waals surface area contributed by atoms with Gasteiger partial charge in [-0.1, -0.05) is 37.3 Å². The van der Waals surface area contributed by atoms with Crippen LogP contribution in [0.4, 0.5) is 0 Å². The van der Waals surface area contributed by atoms with Crippen molar-refractivity contribution in [2.75, 3.05) is 26.4 Å². The topological polar surface area (TPSA) is 57.7 Å². The van der Waals surface area contributed by atoms with Crippen LogP contribution in [-0.4, -0.2) is 56.0 Å². The maximum Gasteiger partial charge on any atom is 0.225 e. The van der Waals surface area contributed by atoms with E-state index in [-0.39, 0.29) is 23.3 Å². The van der Waals surface area contributed by atoms with Crippen molar-refractivity contribution in [3.63, 3.8) is 0 Å². The molecule has 2 fully saturated rings. The second kappa shape index (κ2) is 6.72. The highest BCUT2D eigenvalue weighted by molar-refractivity contribution is 7.88. The molecule has 6 heteroatoms. The molecule has 1 saturated carbocycles. The summed E-state index contributed by atoms with van der Waals surface area (Å²) in [7, 11) is -1.24. The maximum absolute atomic E-state index is 12.8. The summed E-state index contributed by atoms with van der Waals surface area (Å²) < 4.78 is 24.7. The zero-order valence-electron chi connectivity index (χ0n) is 15.3. The maximum atomic E-state index is 12.8. The van der Waals surface area contributed by atoms with Gasteiger partial charge in [0.25, 0.3) is 0 Å². The van der Waals surface area contributed by atoms with Crippen LogP contribution in [0, 0.1) is 5.92 Å². The molecule has 138 valence electrons. The van der Waals surface area contributed by atoms with Gasteiger partial charge in [0, 0.05) is 32.1 Å². The van der Waals surface area contributed by atoms with Gasteiger partial charge in [-0.25, -0.2) is 12.7 Å². The number of hydrogen-bond acceptors (Lipinski definition) is 3. The van der Waals surface area contributed by atoms with Crippen molar-refractivity contribution >= 4 is 15.9 Å². The van der Waals surface area contributed by atoms with Crippen molar-refractivity contribution in [1.82, 2.24) is 9.21 Å². The second-order valence-corrected chi connectivity index (χ2v) is 9.86. The first-order valence-electron chi connectivity index (χ1n) is 8.98. The van der Waals surface area contributed by atoms with Gasteiger partial charge in [0.15, 0.2) is 0 Å². The summed E-state index contributed by atoms with van der Waals surface area (Å²) in [6.07, 6.45) is 4.47. The van der Waals surface area contributed by atoms with Crippen LogP contribution in [0.2, 0.25) is 0 Å². The van der Waals surface area contributed by atoms with Crippen molar-refractivity contribution < 1.29 is 13.2 Å². The summed E-state index contributed by atoms with van der Waals surface area (Å²) in [5.74, 6) is 0.300. The van der Waals surface area contributed by atoms with Crippen LogP contribution in [0.15, 0.2) is 30.3 Å². The third kappa shape index (κ3) is 3.75. The van der Waals surface area contributed by atoms with Gasteiger partial charge in [0.1, 0.15) is 0 Å². The van der Waals surface area contributed by atoms with Gasteiger partial charge in [-0.05, 0) is 36.7 Å². The third-order valence-corrected chi connectivity index (χ3v) is 7.30. The lowest BCUT2D eigenvalue weighted by molar-refractivity contribution is -0.142. The van der Waals surface area contributed by atoms with E-state index in [9.17, 15) is 13.2 Å². The highest BCUT2D eigenvalue weighted by Crippen LogP contribution is 2.48. The number of piperidine rings is 1. The molecule has 2 aliphatic rings. The summed E-state index contributed by atoms with van der Waals surface area (Å²) in [6.45, 7) is 3.25. The first kappa shape index (κ1) is 18.4. The number of carbonyl (C=O) groups excluding carboxylic acids is 1. The Morgan fingerprint density at radius 3 is 2.24 bits per heavy atom. The van der Waals surface area contributed by atoms with Crippen molar-refractivity contribution in [3.05, 3.63) is 35.9 Å². The zero-order chi connectivity index (χ0) is 18.2. The minimum absolute atomic E-state index is 0.0862. The Bertz CT molecular complexity index is 718. The number of sulfonamides is 1. The Balaban J connectivity index is 1.55. The lowest BCUT2D eigenvalue weighted by Crippen LogP contribution is -2.52. The predicted octanol–water partition coefficient (Wildman–Crippen LogP) is 2.24. The molecular formula is C19H28N2O3S. The van der Waals surface area contributed by atoms with E-state index in [0.717, 1.165) is 25.7 Å². The Kier molecular flexibility index (Phi) is 4.95.